The third kappa shape index (κ3) is 7.21. The first-order chi connectivity index (χ1) is 16.1. The number of carbonyl (C=O) groups excluding carboxylic acids is 2. The minimum Gasteiger partial charge on any atom is -0.361 e. The Hall–Kier alpha value is -3.08. The average molecular weight is 448 g/mol. The van der Waals surface area contributed by atoms with Crippen LogP contribution in [-0.4, -0.2) is 46.2 Å². The maximum atomic E-state index is 13.4. The minimum absolute atomic E-state index is 0.0136. The van der Waals surface area contributed by atoms with Gasteiger partial charge in [0.05, 0.1) is 6.54 Å². The van der Waals surface area contributed by atoms with Crippen LogP contribution in [0.4, 0.5) is 0 Å². The molecule has 2 aromatic carbocycles. The number of nitrogens with zero attached hydrogens (tertiary/aromatic N) is 2. The van der Waals surface area contributed by atoms with E-state index in [9.17, 15) is 9.59 Å². The molecular weight excluding hydrogens is 410 g/mol. The first-order valence-electron chi connectivity index (χ1n) is 12.3. The van der Waals surface area contributed by atoms with Gasteiger partial charge in [-0.25, -0.2) is 0 Å². The maximum Gasteiger partial charge on any atom is 0.242 e. The lowest BCUT2D eigenvalue weighted by Gasteiger charge is -2.28. The van der Waals surface area contributed by atoms with Gasteiger partial charge in [-0.2, -0.15) is 0 Å². The summed E-state index contributed by atoms with van der Waals surface area (Å²) in [7, 11) is 0. The van der Waals surface area contributed by atoms with Gasteiger partial charge in [0.1, 0.15) is 0 Å². The van der Waals surface area contributed by atoms with Crippen LogP contribution >= 0.6 is 0 Å². The second-order valence-corrected chi connectivity index (χ2v) is 8.68. The van der Waals surface area contributed by atoms with E-state index in [0.29, 0.717) is 26.1 Å². The molecule has 0 aliphatic carbocycles. The van der Waals surface area contributed by atoms with E-state index in [1.54, 1.807) is 4.90 Å². The third-order valence-electron chi connectivity index (χ3n) is 6.10. The monoisotopic (exact) mass is 447 g/mol. The Morgan fingerprint density at radius 3 is 2.30 bits per heavy atom. The summed E-state index contributed by atoms with van der Waals surface area (Å²) in [6, 6.07) is 18.3. The van der Waals surface area contributed by atoms with Gasteiger partial charge in [0.15, 0.2) is 0 Å². The summed E-state index contributed by atoms with van der Waals surface area (Å²) in [6.45, 7) is 6.16. The maximum absolute atomic E-state index is 13.4. The van der Waals surface area contributed by atoms with Gasteiger partial charge in [0.2, 0.25) is 11.8 Å². The van der Waals surface area contributed by atoms with Crippen LogP contribution in [0.2, 0.25) is 0 Å². The number of aromatic nitrogens is 1. The normalized spacial score (nSPS) is 11.0. The van der Waals surface area contributed by atoms with Gasteiger partial charge in [-0.05, 0) is 36.5 Å². The first kappa shape index (κ1) is 24.6. The number of aromatic amines is 1. The molecule has 0 spiro atoms. The summed E-state index contributed by atoms with van der Waals surface area (Å²) in [5.74, 6) is 0.106. The van der Waals surface area contributed by atoms with Gasteiger partial charge >= 0.3 is 0 Å². The Morgan fingerprint density at radius 2 is 1.55 bits per heavy atom. The van der Waals surface area contributed by atoms with E-state index in [2.05, 4.69) is 31.0 Å². The number of fused-ring (bicyclic) bond motifs is 1. The zero-order valence-corrected chi connectivity index (χ0v) is 20.1. The van der Waals surface area contributed by atoms with Crippen molar-refractivity contribution < 1.29 is 9.59 Å². The summed E-state index contributed by atoms with van der Waals surface area (Å²) >= 11 is 0. The highest BCUT2D eigenvalue weighted by atomic mass is 16.2. The largest absolute Gasteiger partial charge is 0.361 e. The van der Waals surface area contributed by atoms with Gasteiger partial charge in [-0.3, -0.25) is 9.59 Å². The van der Waals surface area contributed by atoms with Crippen LogP contribution in [0.25, 0.3) is 10.9 Å². The molecule has 0 bridgehead atoms. The Morgan fingerprint density at radius 1 is 0.818 bits per heavy atom. The zero-order valence-electron chi connectivity index (χ0n) is 20.1. The van der Waals surface area contributed by atoms with Crippen LogP contribution in [0.15, 0.2) is 60.8 Å². The molecule has 0 radical (unpaired) electrons. The number of para-hydroxylation sites is 1. The molecule has 0 saturated heterocycles. The quantitative estimate of drug-likeness (QED) is 0.373. The minimum atomic E-state index is 0.0136. The summed E-state index contributed by atoms with van der Waals surface area (Å²) in [4.78, 5) is 33.2. The fraction of sp³-hybridized carbons (Fsp3) is 0.429. The predicted octanol–water partition coefficient (Wildman–Crippen LogP) is 5.56. The summed E-state index contributed by atoms with van der Waals surface area (Å²) < 4.78 is 0. The fourth-order valence-electron chi connectivity index (χ4n) is 4.08. The zero-order chi connectivity index (χ0) is 23.5. The lowest BCUT2D eigenvalue weighted by molar-refractivity contribution is -0.141. The second kappa shape index (κ2) is 12.8. The molecule has 0 aliphatic heterocycles. The topological polar surface area (TPSA) is 56.4 Å². The average Bonchev–Trinajstić information content (AvgIpc) is 3.26. The fourth-order valence-corrected chi connectivity index (χ4v) is 4.08. The van der Waals surface area contributed by atoms with E-state index in [1.807, 2.05) is 53.6 Å². The summed E-state index contributed by atoms with van der Waals surface area (Å²) in [6.07, 6.45) is 7.08. The SMILES string of the molecule is CCCCC(=O)N(CCCC)CC(=O)N(CCc1c[nH]c2ccccc12)Cc1ccccc1. The molecule has 0 saturated carbocycles. The molecule has 0 aliphatic rings. The molecule has 176 valence electrons. The third-order valence-corrected chi connectivity index (χ3v) is 6.10. The van der Waals surface area contributed by atoms with Crippen LogP contribution < -0.4 is 0 Å². The first-order valence-corrected chi connectivity index (χ1v) is 12.3. The van der Waals surface area contributed by atoms with Crippen molar-refractivity contribution in [3.63, 3.8) is 0 Å². The van der Waals surface area contributed by atoms with Crippen LogP contribution in [0.5, 0.6) is 0 Å². The van der Waals surface area contributed by atoms with Crippen LogP contribution in [0.1, 0.15) is 57.1 Å². The number of hydrogen-bond acceptors (Lipinski definition) is 2. The molecule has 1 N–H and O–H groups in total. The second-order valence-electron chi connectivity index (χ2n) is 8.68. The molecule has 5 nitrogen and oxygen atoms in total. The Bertz CT molecular complexity index is 1010. The molecular formula is C28H37N3O2. The van der Waals surface area contributed by atoms with Gasteiger partial charge in [-0.15, -0.1) is 0 Å². The van der Waals surface area contributed by atoms with Gasteiger partial charge in [0, 0.05) is 43.2 Å². The van der Waals surface area contributed by atoms with Crippen molar-refractivity contribution in [1.82, 2.24) is 14.8 Å². The number of carbonyl (C=O) groups is 2. The van der Waals surface area contributed by atoms with E-state index in [-0.39, 0.29) is 18.4 Å². The van der Waals surface area contributed by atoms with Crippen molar-refractivity contribution in [3.05, 3.63) is 71.9 Å². The highest BCUT2D eigenvalue weighted by Gasteiger charge is 2.21. The van der Waals surface area contributed by atoms with Crippen molar-refractivity contribution in [2.45, 2.75) is 58.9 Å². The molecule has 0 atom stereocenters. The van der Waals surface area contributed by atoms with E-state index >= 15 is 0 Å². The number of benzene rings is 2. The number of unbranched alkanes of at least 4 members (excludes halogenated alkanes) is 2. The molecule has 0 fully saturated rings. The van der Waals surface area contributed by atoms with Crippen molar-refractivity contribution in [1.29, 1.82) is 0 Å². The number of H-pyrrole nitrogens is 1. The molecule has 5 heteroatoms. The Kier molecular flexibility index (Phi) is 9.55. The van der Waals surface area contributed by atoms with Crippen molar-refractivity contribution in [2.24, 2.45) is 0 Å². The van der Waals surface area contributed by atoms with E-state index in [0.717, 1.165) is 43.2 Å². The molecule has 33 heavy (non-hydrogen) atoms. The lowest BCUT2D eigenvalue weighted by atomic mass is 10.1. The molecule has 2 amide bonds. The van der Waals surface area contributed by atoms with E-state index in [4.69, 9.17) is 0 Å². The van der Waals surface area contributed by atoms with Crippen LogP contribution in [0, 0.1) is 0 Å². The standard InChI is InChI=1S/C28H37N3O2/c1-3-5-16-27(32)30(18-6-4-2)22-28(33)31(21-23-12-8-7-9-13-23)19-17-24-20-29-26-15-11-10-14-25(24)26/h7-15,20,29H,3-6,16-19,21-22H2,1-2H3. The number of hydrogen-bond donors (Lipinski definition) is 1. The predicted molar refractivity (Wildman–Crippen MR) is 135 cm³/mol. The van der Waals surface area contributed by atoms with Crippen molar-refractivity contribution in [2.75, 3.05) is 19.6 Å². The highest BCUT2D eigenvalue weighted by Crippen LogP contribution is 2.19. The Labute approximate surface area is 197 Å². The molecule has 1 heterocycles. The van der Waals surface area contributed by atoms with Gasteiger partial charge in [0.25, 0.3) is 0 Å². The van der Waals surface area contributed by atoms with Crippen LogP contribution in [-0.2, 0) is 22.6 Å². The molecule has 3 rings (SSSR count). The van der Waals surface area contributed by atoms with Crippen molar-refractivity contribution >= 4 is 22.7 Å². The van der Waals surface area contributed by atoms with E-state index < -0.39 is 0 Å². The molecule has 1 aromatic heterocycles. The van der Waals surface area contributed by atoms with Crippen molar-refractivity contribution in [3.8, 4) is 0 Å². The Balaban J connectivity index is 1.73. The highest BCUT2D eigenvalue weighted by molar-refractivity contribution is 5.85. The van der Waals surface area contributed by atoms with Crippen LogP contribution in [0.3, 0.4) is 0 Å². The smallest absolute Gasteiger partial charge is 0.242 e. The molecule has 3 aromatic rings. The summed E-state index contributed by atoms with van der Waals surface area (Å²) in [5.41, 5.74) is 3.42. The lowest BCUT2D eigenvalue weighted by Crippen LogP contribution is -2.43. The number of rotatable bonds is 13. The van der Waals surface area contributed by atoms with E-state index in [1.165, 1.54) is 10.9 Å². The number of nitrogens with one attached hydrogen (secondary N) is 1. The summed E-state index contributed by atoms with van der Waals surface area (Å²) in [5, 5.41) is 1.20. The van der Waals surface area contributed by atoms with Gasteiger partial charge in [-0.1, -0.05) is 75.2 Å². The number of amides is 2. The molecule has 0 unspecified atom stereocenters. The van der Waals surface area contributed by atoms with Gasteiger partial charge < -0.3 is 14.8 Å².